The SMILES string of the molecule is CC(O)=CC(C)O.CC(O)=CC(C)O.CC(O)=CC(C)O.CC(O)=CC(C)O.Cc1[c-]c(-c2ncc(CC(C)(C)C)c3cc(CC(C)(C)C)ccc23)cc(C)c1.Cc1[c-]c(-c2ncc(CC(C)(C)C)c3ccc(CC(C)(C)C)cc23)cc(C)c1.Cc1[c-]c(-c2ncc(CC(C)(C)C)c3ccc(CC(C)(C)C)cc23)cc(C)c1.Cc1[c-]c(-c2nccc3cc(CC(C)(C)C)c(CC(C)(C)C)cc23)cc(C)c1.[Ir].[Ir].[Ir].[Ir]. The molecule has 8 N–H and O–H groups in total. The van der Waals surface area contributed by atoms with Gasteiger partial charge in [-0.3, -0.25) is 0 Å². The van der Waals surface area contributed by atoms with Gasteiger partial charge < -0.3 is 60.8 Å². The first kappa shape index (κ1) is 134. The Kier molecular flexibility index (Phi) is 54.2. The number of aromatic nitrogens is 4. The maximum Gasteiger partial charge on any atom is 0.0877 e. The van der Waals surface area contributed by atoms with Crippen LogP contribution >= 0.6 is 0 Å². The molecule has 0 aliphatic carbocycles. The zero-order valence-corrected chi connectivity index (χ0v) is 104. The van der Waals surface area contributed by atoms with Gasteiger partial charge in [-0.25, -0.2) is 0 Å². The van der Waals surface area contributed by atoms with Gasteiger partial charge in [0.1, 0.15) is 0 Å². The zero-order chi connectivity index (χ0) is 106. The molecular weight excluding hydrogens is 2490 g/mol. The number of aryl methyl sites for hydroxylation is 8. The Labute approximate surface area is 924 Å². The first-order chi connectivity index (χ1) is 64.1. The molecule has 0 amide bonds. The van der Waals surface area contributed by atoms with E-state index in [-0.39, 0.29) is 147 Å². The van der Waals surface area contributed by atoms with E-state index in [9.17, 15) is 0 Å². The number of allylic oxidation sites excluding steroid dienone is 4. The van der Waals surface area contributed by atoms with E-state index in [1.807, 2.05) is 6.20 Å². The van der Waals surface area contributed by atoms with Crippen molar-refractivity contribution in [2.45, 2.75) is 353 Å². The van der Waals surface area contributed by atoms with Gasteiger partial charge >= 0.3 is 0 Å². The van der Waals surface area contributed by atoms with Crippen LogP contribution in [0.5, 0.6) is 0 Å². The van der Waals surface area contributed by atoms with Crippen molar-refractivity contribution >= 4 is 43.1 Å². The topological polar surface area (TPSA) is 213 Å². The van der Waals surface area contributed by atoms with Crippen LogP contribution in [0, 0.1) is 123 Å². The Morgan fingerprint density at radius 2 is 0.479 bits per heavy atom. The minimum Gasteiger partial charge on any atom is -0.513 e. The molecule has 0 fully saturated rings. The average molecular weight is 2670 g/mol. The first-order valence-corrected chi connectivity index (χ1v) is 50.0. The molecule has 0 spiro atoms. The zero-order valence-electron chi connectivity index (χ0n) is 94.8. The fourth-order valence-electron chi connectivity index (χ4n) is 17.5. The fourth-order valence-corrected chi connectivity index (χ4v) is 17.5. The third-order valence-electron chi connectivity index (χ3n) is 21.5. The van der Waals surface area contributed by atoms with E-state index >= 15 is 0 Å². The normalized spacial score (nSPS) is 13.0. The van der Waals surface area contributed by atoms with Crippen LogP contribution in [0.4, 0.5) is 0 Å². The first-order valence-electron chi connectivity index (χ1n) is 50.0. The predicted octanol–water partition coefficient (Wildman–Crippen LogP) is 33.3. The van der Waals surface area contributed by atoms with Gasteiger partial charge in [0.25, 0.3) is 0 Å². The summed E-state index contributed by atoms with van der Waals surface area (Å²) in [4.78, 5) is 19.6. The Hall–Kier alpha value is -8.00. The van der Waals surface area contributed by atoms with Crippen molar-refractivity contribution < 1.29 is 121 Å². The van der Waals surface area contributed by atoms with Crippen LogP contribution < -0.4 is 0 Å². The number of rotatable bonds is 16. The minimum atomic E-state index is -0.537. The minimum absolute atomic E-state index is 0. The van der Waals surface area contributed by atoms with Crippen LogP contribution in [-0.2, 0) is 132 Å². The summed E-state index contributed by atoms with van der Waals surface area (Å²) in [5, 5.41) is 77.9. The summed E-state index contributed by atoms with van der Waals surface area (Å²) < 4.78 is 0. The Bertz CT molecular complexity index is 5830. The molecule has 0 saturated heterocycles. The molecule has 144 heavy (non-hydrogen) atoms. The van der Waals surface area contributed by atoms with Crippen LogP contribution in [0.3, 0.4) is 0 Å². The van der Waals surface area contributed by atoms with Crippen LogP contribution in [-0.4, -0.2) is 85.2 Å². The Morgan fingerprint density at radius 1 is 0.257 bits per heavy atom. The van der Waals surface area contributed by atoms with Gasteiger partial charge in [-0.2, -0.15) is 0 Å². The Morgan fingerprint density at radius 3 is 0.715 bits per heavy atom. The van der Waals surface area contributed by atoms with Crippen LogP contribution in [0.1, 0.15) is 311 Å². The number of benzene rings is 8. The van der Waals surface area contributed by atoms with E-state index in [4.69, 9.17) is 60.8 Å². The Balaban J connectivity index is 0.000000871. The maximum absolute atomic E-state index is 8.49. The van der Waals surface area contributed by atoms with E-state index in [1.165, 1.54) is 162 Å². The summed E-state index contributed by atoms with van der Waals surface area (Å²) in [6.07, 6.45) is 19.9. The molecular formula is C128H176Ir4N4O8-4. The van der Waals surface area contributed by atoms with Crippen LogP contribution in [0.15, 0.2) is 193 Å². The second-order valence-electron chi connectivity index (χ2n) is 49.1. The van der Waals surface area contributed by atoms with Crippen molar-refractivity contribution in [3.05, 3.63) is 307 Å². The third kappa shape index (κ3) is 50.8. The summed E-state index contributed by atoms with van der Waals surface area (Å²) in [5.74, 6) is 0.648. The van der Waals surface area contributed by atoms with E-state index in [1.54, 1.807) is 27.7 Å². The van der Waals surface area contributed by atoms with Gasteiger partial charge in [-0.15, -0.1) is 140 Å². The number of pyridine rings is 4. The monoisotopic (exact) mass is 2670 g/mol. The van der Waals surface area contributed by atoms with E-state index in [0.29, 0.717) is 0 Å². The summed E-state index contributed by atoms with van der Waals surface area (Å²) in [5.41, 5.74) is 31.3. The quantitative estimate of drug-likeness (QED) is 0.0335. The molecule has 12 rings (SSSR count). The van der Waals surface area contributed by atoms with Gasteiger partial charge in [0.2, 0.25) is 0 Å². The van der Waals surface area contributed by atoms with Crippen molar-refractivity contribution in [3.8, 4) is 45.0 Å². The number of hydrogen-bond acceptors (Lipinski definition) is 12. The number of aliphatic hydroxyl groups excluding tert-OH is 8. The number of hydrogen-bond donors (Lipinski definition) is 8. The second kappa shape index (κ2) is 58.2. The van der Waals surface area contributed by atoms with Crippen molar-refractivity contribution in [2.75, 3.05) is 0 Å². The largest absolute Gasteiger partial charge is 0.513 e. The van der Waals surface area contributed by atoms with Gasteiger partial charge in [0.15, 0.2) is 0 Å². The van der Waals surface area contributed by atoms with Gasteiger partial charge in [-0.05, 0) is 291 Å². The van der Waals surface area contributed by atoms with Crippen molar-refractivity contribution in [1.29, 1.82) is 0 Å². The molecule has 12 nitrogen and oxygen atoms in total. The third-order valence-corrected chi connectivity index (χ3v) is 21.5. The number of fused-ring (bicyclic) bond motifs is 4. The molecule has 4 heterocycles. The molecule has 4 unspecified atom stereocenters. The van der Waals surface area contributed by atoms with Gasteiger partial charge in [0, 0.05) is 105 Å². The van der Waals surface area contributed by atoms with Crippen molar-refractivity contribution in [3.63, 3.8) is 0 Å². The van der Waals surface area contributed by atoms with Gasteiger partial charge in [0.05, 0.1) is 47.5 Å². The smallest absolute Gasteiger partial charge is 0.0877 e. The number of aliphatic hydroxyl groups is 8. The predicted molar refractivity (Wildman–Crippen MR) is 599 cm³/mol. The molecule has 8 aromatic carbocycles. The van der Waals surface area contributed by atoms with E-state index < -0.39 is 24.4 Å². The second-order valence-corrected chi connectivity index (χ2v) is 49.1. The molecule has 12 aromatic rings. The maximum atomic E-state index is 8.49. The molecule has 4 atom stereocenters. The standard InChI is InChI=1S/4C27H34N.4C5H10O2.4Ir/c1-18-11-19(2)13-21(12-18)25-24-15-23(17-27(6,7)8)22(16-26(3,4)5)14-20(24)9-10-28-25;1-18-11-19(2)13-21(12-18)25-23-10-9-20(15-26(3,4)5)14-24(23)22(17-28-25)16-27(6,7)8;2*1-18-11-19(2)13-21(12-18)25-24-14-20(15-26(3,4)5)9-10-23(24)22(17-28-25)16-27(6,7)8;4*1-4(6)3-5(2)7;;;;/h9-12,14-15H,16-17H2,1-8H3;3*9-12,14,17H,15-16H2,1-8H3;4*3-4,6-7H,1-2H3;;;;/q4*-1;;;;;;;;. The molecule has 796 valence electrons. The van der Waals surface area contributed by atoms with Crippen molar-refractivity contribution in [1.82, 2.24) is 19.9 Å². The molecule has 16 heteroatoms. The van der Waals surface area contributed by atoms with E-state index in [0.717, 1.165) is 119 Å². The average Bonchev–Trinajstić information content (AvgIpc) is 0.795. The number of nitrogens with zero attached hydrogens (tertiary/aromatic N) is 4. The molecule has 0 aliphatic heterocycles. The molecule has 4 radical (unpaired) electrons. The molecule has 0 bridgehead atoms. The van der Waals surface area contributed by atoms with Crippen LogP contribution in [0.25, 0.3) is 88.1 Å². The van der Waals surface area contributed by atoms with E-state index in [2.05, 4.69) is 386 Å². The van der Waals surface area contributed by atoms with Crippen LogP contribution in [0.2, 0.25) is 0 Å². The summed E-state index contributed by atoms with van der Waals surface area (Å²) in [6.45, 7) is 84.6. The molecule has 0 saturated carbocycles. The van der Waals surface area contributed by atoms with Gasteiger partial charge in [-0.1, -0.05) is 288 Å². The molecule has 4 aromatic heterocycles. The summed E-state index contributed by atoms with van der Waals surface area (Å²) in [6, 6.07) is 59.4. The van der Waals surface area contributed by atoms with Crippen molar-refractivity contribution in [2.24, 2.45) is 43.3 Å². The fraction of sp³-hybridized carbons (Fsp3) is 0.469. The summed E-state index contributed by atoms with van der Waals surface area (Å²) in [7, 11) is 0. The summed E-state index contributed by atoms with van der Waals surface area (Å²) >= 11 is 0. The molecule has 0 aliphatic rings.